The second kappa shape index (κ2) is 11.0. The van der Waals surface area contributed by atoms with Gasteiger partial charge in [-0.05, 0) is 60.9 Å². The van der Waals surface area contributed by atoms with Crippen molar-refractivity contribution in [1.29, 1.82) is 0 Å². The molecule has 0 aliphatic carbocycles. The van der Waals surface area contributed by atoms with E-state index >= 15 is 0 Å². The fourth-order valence-corrected chi connectivity index (χ4v) is 4.35. The summed E-state index contributed by atoms with van der Waals surface area (Å²) in [5, 5.41) is 2.99. The van der Waals surface area contributed by atoms with Gasteiger partial charge in [0.15, 0.2) is 0 Å². The quantitative estimate of drug-likeness (QED) is 0.569. The van der Waals surface area contributed by atoms with Crippen molar-refractivity contribution in [1.82, 2.24) is 5.32 Å². The van der Waals surface area contributed by atoms with Crippen LogP contribution in [0, 0.1) is 5.92 Å². The molecule has 7 heteroatoms. The molecule has 0 fully saturated rings. The summed E-state index contributed by atoms with van der Waals surface area (Å²) in [7, 11) is -0.684. The highest BCUT2D eigenvalue weighted by atomic mass is 32.2. The Morgan fingerprint density at radius 1 is 1.07 bits per heavy atom. The normalized spacial score (nSPS) is 12.3. The molecule has 164 valence electrons. The third-order valence-corrected chi connectivity index (χ3v) is 7.11. The van der Waals surface area contributed by atoms with Crippen LogP contribution >= 0.6 is 0 Å². The van der Waals surface area contributed by atoms with Gasteiger partial charge >= 0.3 is 0 Å². The van der Waals surface area contributed by atoms with Gasteiger partial charge in [0.1, 0.15) is 5.75 Å². The van der Waals surface area contributed by atoms with Crippen LogP contribution < -0.4 is 14.4 Å². The van der Waals surface area contributed by atoms with Crippen molar-refractivity contribution in [3.05, 3.63) is 54.1 Å². The van der Waals surface area contributed by atoms with Gasteiger partial charge in [-0.2, -0.15) is 0 Å². The Morgan fingerprint density at radius 2 is 1.70 bits per heavy atom. The van der Waals surface area contributed by atoms with E-state index in [4.69, 9.17) is 4.74 Å². The summed E-state index contributed by atoms with van der Waals surface area (Å²) in [6, 6.07) is 12.8. The molecule has 0 aliphatic heterocycles. The summed E-state index contributed by atoms with van der Waals surface area (Å²) in [5.41, 5.74) is 0.996. The Morgan fingerprint density at radius 3 is 2.23 bits per heavy atom. The highest BCUT2D eigenvalue weighted by molar-refractivity contribution is 7.92. The summed E-state index contributed by atoms with van der Waals surface area (Å²) >= 11 is 0. The topological polar surface area (TPSA) is 75.7 Å². The SMILES string of the molecule is CCCCC(CC)CNC(=O)c1ccc(N(C)S(=O)(=O)c2ccc(OC)cc2)cc1. The lowest BCUT2D eigenvalue weighted by molar-refractivity contribution is 0.0946. The van der Waals surface area contributed by atoms with E-state index < -0.39 is 10.0 Å². The van der Waals surface area contributed by atoms with Gasteiger partial charge in [0.2, 0.25) is 0 Å². The Kier molecular flexibility index (Phi) is 8.72. The minimum absolute atomic E-state index is 0.142. The first-order valence-corrected chi connectivity index (χ1v) is 11.8. The minimum Gasteiger partial charge on any atom is -0.497 e. The second-order valence-electron chi connectivity index (χ2n) is 7.32. The number of amides is 1. The zero-order valence-corrected chi connectivity index (χ0v) is 19.0. The fourth-order valence-electron chi connectivity index (χ4n) is 3.15. The smallest absolute Gasteiger partial charge is 0.264 e. The number of ether oxygens (including phenoxy) is 1. The van der Waals surface area contributed by atoms with Gasteiger partial charge in [0, 0.05) is 19.2 Å². The van der Waals surface area contributed by atoms with Crippen molar-refractivity contribution in [2.45, 2.75) is 44.4 Å². The van der Waals surface area contributed by atoms with E-state index in [1.807, 2.05) is 0 Å². The zero-order valence-electron chi connectivity index (χ0n) is 18.2. The first kappa shape index (κ1) is 23.7. The molecule has 2 aromatic carbocycles. The van der Waals surface area contributed by atoms with Gasteiger partial charge in [-0.15, -0.1) is 0 Å². The summed E-state index contributed by atoms with van der Waals surface area (Å²) in [6.45, 7) is 4.96. The molecule has 0 saturated heterocycles. The van der Waals surface area contributed by atoms with E-state index in [-0.39, 0.29) is 10.8 Å². The van der Waals surface area contributed by atoms with Crippen molar-refractivity contribution >= 4 is 21.6 Å². The molecule has 0 heterocycles. The van der Waals surface area contributed by atoms with Crippen LogP contribution in [0.25, 0.3) is 0 Å². The number of anilines is 1. The molecule has 0 bridgehead atoms. The molecule has 2 rings (SSSR count). The summed E-state index contributed by atoms with van der Waals surface area (Å²) in [5.74, 6) is 0.929. The number of nitrogens with one attached hydrogen (secondary N) is 1. The number of hydrogen-bond donors (Lipinski definition) is 1. The van der Waals surface area contributed by atoms with Crippen molar-refractivity contribution in [3.63, 3.8) is 0 Å². The average Bonchev–Trinajstić information content (AvgIpc) is 2.78. The first-order chi connectivity index (χ1) is 14.3. The van der Waals surface area contributed by atoms with Crippen LogP contribution in [0.15, 0.2) is 53.4 Å². The van der Waals surface area contributed by atoms with Crippen LogP contribution in [-0.4, -0.2) is 35.0 Å². The lowest BCUT2D eigenvalue weighted by atomic mass is 9.99. The van der Waals surface area contributed by atoms with E-state index in [2.05, 4.69) is 19.2 Å². The maximum absolute atomic E-state index is 12.9. The highest BCUT2D eigenvalue weighted by Gasteiger charge is 2.21. The lowest BCUT2D eigenvalue weighted by Gasteiger charge is -2.20. The second-order valence-corrected chi connectivity index (χ2v) is 9.29. The van der Waals surface area contributed by atoms with Crippen LogP contribution in [0.2, 0.25) is 0 Å². The van der Waals surface area contributed by atoms with Crippen LogP contribution in [0.5, 0.6) is 5.75 Å². The molecule has 1 N–H and O–H groups in total. The van der Waals surface area contributed by atoms with Crippen molar-refractivity contribution in [3.8, 4) is 5.75 Å². The van der Waals surface area contributed by atoms with E-state index in [1.165, 1.54) is 30.6 Å². The van der Waals surface area contributed by atoms with Crippen LogP contribution in [0.3, 0.4) is 0 Å². The summed E-state index contributed by atoms with van der Waals surface area (Å²) < 4.78 is 32.0. The van der Waals surface area contributed by atoms with E-state index in [9.17, 15) is 13.2 Å². The monoisotopic (exact) mass is 432 g/mol. The molecule has 0 aromatic heterocycles. The number of unbranched alkanes of at least 4 members (excludes halogenated alkanes) is 1. The van der Waals surface area contributed by atoms with Gasteiger partial charge in [-0.25, -0.2) is 8.42 Å². The molecule has 0 aliphatic rings. The van der Waals surface area contributed by atoms with Crippen molar-refractivity contribution in [2.24, 2.45) is 5.92 Å². The highest BCUT2D eigenvalue weighted by Crippen LogP contribution is 2.24. The lowest BCUT2D eigenvalue weighted by Crippen LogP contribution is -2.29. The maximum atomic E-state index is 12.9. The Bertz CT molecular complexity index is 909. The van der Waals surface area contributed by atoms with Crippen molar-refractivity contribution in [2.75, 3.05) is 25.0 Å². The van der Waals surface area contributed by atoms with Gasteiger partial charge in [-0.3, -0.25) is 9.10 Å². The number of carbonyl (C=O) groups excluding carboxylic acids is 1. The Hall–Kier alpha value is -2.54. The average molecular weight is 433 g/mol. The molecular formula is C23H32N2O4S. The maximum Gasteiger partial charge on any atom is 0.264 e. The molecule has 2 aromatic rings. The van der Waals surface area contributed by atoms with E-state index in [0.717, 1.165) is 25.7 Å². The predicted octanol–water partition coefficient (Wildman–Crippen LogP) is 4.47. The third kappa shape index (κ3) is 5.98. The van der Waals surface area contributed by atoms with E-state index in [1.54, 1.807) is 36.4 Å². The number of nitrogens with zero attached hydrogens (tertiary/aromatic N) is 1. The predicted molar refractivity (Wildman–Crippen MR) is 121 cm³/mol. The molecule has 0 radical (unpaired) electrons. The van der Waals surface area contributed by atoms with Crippen molar-refractivity contribution < 1.29 is 17.9 Å². The number of benzene rings is 2. The van der Waals surface area contributed by atoms with Gasteiger partial charge in [0.25, 0.3) is 15.9 Å². The van der Waals surface area contributed by atoms with Gasteiger partial charge < -0.3 is 10.1 Å². The zero-order chi connectivity index (χ0) is 22.1. The van der Waals surface area contributed by atoms with Gasteiger partial charge in [0.05, 0.1) is 17.7 Å². The molecule has 1 amide bonds. The molecule has 6 nitrogen and oxygen atoms in total. The molecule has 0 saturated carbocycles. The van der Waals surface area contributed by atoms with Crippen LogP contribution in [-0.2, 0) is 10.0 Å². The summed E-state index contributed by atoms with van der Waals surface area (Å²) in [6.07, 6.45) is 4.46. The molecular weight excluding hydrogens is 400 g/mol. The standard InChI is InChI=1S/C23H32N2O4S/c1-5-7-8-18(6-2)17-24-23(26)19-9-11-20(12-10-19)25(3)30(27,28)22-15-13-21(29-4)14-16-22/h9-16,18H,5-8,17H2,1-4H3,(H,24,26). The molecule has 1 unspecified atom stereocenters. The minimum atomic E-state index is -3.71. The number of methoxy groups -OCH3 is 1. The first-order valence-electron chi connectivity index (χ1n) is 10.3. The third-order valence-electron chi connectivity index (χ3n) is 5.31. The number of hydrogen-bond acceptors (Lipinski definition) is 4. The summed E-state index contributed by atoms with van der Waals surface area (Å²) in [4.78, 5) is 12.6. The van der Waals surface area contributed by atoms with Crippen LogP contribution in [0.4, 0.5) is 5.69 Å². The molecule has 1 atom stereocenters. The van der Waals surface area contributed by atoms with Crippen LogP contribution in [0.1, 0.15) is 49.9 Å². The molecule has 0 spiro atoms. The number of sulfonamides is 1. The number of rotatable bonds is 11. The fraction of sp³-hybridized carbons (Fsp3) is 0.435. The molecule has 30 heavy (non-hydrogen) atoms. The number of carbonyl (C=O) groups is 1. The van der Waals surface area contributed by atoms with Gasteiger partial charge in [-0.1, -0.05) is 33.1 Å². The Balaban J connectivity index is 2.05. The Labute approximate surface area is 180 Å². The largest absolute Gasteiger partial charge is 0.497 e. The van der Waals surface area contributed by atoms with E-state index in [0.29, 0.717) is 29.5 Å².